The first-order valence-corrected chi connectivity index (χ1v) is 10.8. The van der Waals surface area contributed by atoms with E-state index in [1.807, 2.05) is 0 Å². The summed E-state index contributed by atoms with van der Waals surface area (Å²) < 4.78 is 26.1. The Balaban J connectivity index is 1.79. The van der Waals surface area contributed by atoms with E-state index >= 15 is 0 Å². The second-order valence-electron chi connectivity index (χ2n) is 6.85. The van der Waals surface area contributed by atoms with Gasteiger partial charge in [0.25, 0.3) is 11.8 Å². The fourth-order valence-electron chi connectivity index (χ4n) is 2.56. The van der Waals surface area contributed by atoms with Crippen molar-refractivity contribution in [3.05, 3.63) is 0 Å². The molecule has 1 rings (SSSR count). The SMILES string of the molecule is NC(=O)CCCCCOCCOCCOCCOCCOC(=O)ON1C(=O)CCCC1=O. The smallest absolute Gasteiger partial charge is 0.430 e. The zero-order valence-corrected chi connectivity index (χ0v) is 18.4. The largest absolute Gasteiger partial charge is 0.534 e. The first-order valence-electron chi connectivity index (χ1n) is 10.8. The van der Waals surface area contributed by atoms with Crippen LogP contribution in [0.3, 0.4) is 0 Å². The lowest BCUT2D eigenvalue weighted by Crippen LogP contribution is -2.41. The van der Waals surface area contributed by atoms with E-state index in [4.69, 9.17) is 29.4 Å². The number of carbonyl (C=O) groups excluding carboxylic acids is 4. The number of hydrogen-bond acceptors (Lipinski definition) is 10. The van der Waals surface area contributed by atoms with Gasteiger partial charge in [0.05, 0.1) is 46.2 Å². The summed E-state index contributed by atoms with van der Waals surface area (Å²) in [7, 11) is 0. The number of piperidine rings is 1. The van der Waals surface area contributed by atoms with Gasteiger partial charge in [-0.25, -0.2) is 4.79 Å². The topological polar surface area (TPSA) is 153 Å². The molecule has 0 atom stereocenters. The number of ether oxygens (including phenoxy) is 5. The van der Waals surface area contributed by atoms with Gasteiger partial charge in [-0.2, -0.15) is 0 Å². The average Bonchev–Trinajstić information content (AvgIpc) is 2.75. The fraction of sp³-hybridized carbons (Fsp3) is 0.800. The zero-order valence-electron chi connectivity index (χ0n) is 18.4. The maximum absolute atomic E-state index is 11.5. The van der Waals surface area contributed by atoms with Crippen molar-refractivity contribution in [3.8, 4) is 0 Å². The van der Waals surface area contributed by atoms with Crippen LogP contribution in [0.1, 0.15) is 44.9 Å². The number of carbonyl (C=O) groups is 4. The standard InChI is InChI=1S/C20H34N2O10/c21-17(23)5-2-1-3-8-27-9-10-28-11-12-29-13-14-30-15-16-31-20(26)32-22-18(24)6-4-7-19(22)25/h1-16H2,(H2,21,23). The van der Waals surface area contributed by atoms with E-state index in [0.29, 0.717) is 64.2 Å². The van der Waals surface area contributed by atoms with E-state index in [0.717, 1.165) is 19.3 Å². The Morgan fingerprint density at radius 1 is 0.719 bits per heavy atom. The summed E-state index contributed by atoms with van der Waals surface area (Å²) in [6.45, 7) is 3.16. The van der Waals surface area contributed by atoms with Gasteiger partial charge >= 0.3 is 6.16 Å². The van der Waals surface area contributed by atoms with Gasteiger partial charge in [0.15, 0.2) is 0 Å². The Hall–Kier alpha value is -2.28. The number of unbranched alkanes of at least 4 members (excludes halogenated alkanes) is 2. The maximum atomic E-state index is 11.5. The molecule has 184 valence electrons. The highest BCUT2D eigenvalue weighted by Gasteiger charge is 2.30. The predicted molar refractivity (Wildman–Crippen MR) is 109 cm³/mol. The van der Waals surface area contributed by atoms with E-state index < -0.39 is 18.0 Å². The molecule has 0 aromatic heterocycles. The van der Waals surface area contributed by atoms with Crippen LogP contribution in [0.5, 0.6) is 0 Å². The molecule has 1 fully saturated rings. The lowest BCUT2D eigenvalue weighted by atomic mass is 10.1. The Morgan fingerprint density at radius 3 is 1.75 bits per heavy atom. The highest BCUT2D eigenvalue weighted by atomic mass is 16.8. The normalized spacial score (nSPS) is 13.9. The summed E-state index contributed by atoms with van der Waals surface area (Å²) in [5.74, 6) is -1.39. The number of primary amides is 1. The van der Waals surface area contributed by atoms with Gasteiger partial charge in [0.1, 0.15) is 6.61 Å². The summed E-state index contributed by atoms with van der Waals surface area (Å²) in [4.78, 5) is 49.7. The lowest BCUT2D eigenvalue weighted by Gasteiger charge is -2.22. The van der Waals surface area contributed by atoms with Gasteiger partial charge in [0, 0.05) is 25.9 Å². The highest BCUT2D eigenvalue weighted by molar-refractivity contribution is 5.97. The average molecular weight is 462 g/mol. The van der Waals surface area contributed by atoms with Crippen molar-refractivity contribution < 1.29 is 47.7 Å². The zero-order chi connectivity index (χ0) is 23.4. The van der Waals surface area contributed by atoms with Gasteiger partial charge < -0.3 is 29.4 Å². The van der Waals surface area contributed by atoms with E-state index in [1.54, 1.807) is 0 Å². The van der Waals surface area contributed by atoms with Crippen LogP contribution in [0.15, 0.2) is 0 Å². The van der Waals surface area contributed by atoms with Crippen molar-refractivity contribution in [2.75, 3.05) is 59.5 Å². The minimum absolute atomic E-state index is 0.0801. The van der Waals surface area contributed by atoms with Crippen molar-refractivity contribution in [3.63, 3.8) is 0 Å². The van der Waals surface area contributed by atoms with Gasteiger partial charge in [-0.15, -0.1) is 0 Å². The van der Waals surface area contributed by atoms with Crippen molar-refractivity contribution in [2.45, 2.75) is 44.9 Å². The number of hydrogen-bond donors (Lipinski definition) is 1. The Labute approximate surface area is 187 Å². The summed E-state index contributed by atoms with van der Waals surface area (Å²) in [6, 6.07) is 0. The molecular formula is C20H34N2O10. The molecule has 0 radical (unpaired) electrons. The van der Waals surface area contributed by atoms with Gasteiger partial charge in [-0.05, 0) is 19.3 Å². The van der Waals surface area contributed by atoms with E-state index in [9.17, 15) is 19.2 Å². The third-order valence-electron chi connectivity index (χ3n) is 4.18. The molecule has 0 bridgehead atoms. The molecule has 2 N–H and O–H groups in total. The van der Waals surface area contributed by atoms with Crippen LogP contribution in [0, 0.1) is 0 Å². The molecule has 0 spiro atoms. The minimum Gasteiger partial charge on any atom is -0.430 e. The van der Waals surface area contributed by atoms with E-state index in [2.05, 4.69) is 4.84 Å². The number of imide groups is 1. The summed E-state index contributed by atoms with van der Waals surface area (Å²) in [5.41, 5.74) is 5.06. The van der Waals surface area contributed by atoms with Crippen molar-refractivity contribution in [1.29, 1.82) is 0 Å². The molecule has 0 saturated carbocycles. The monoisotopic (exact) mass is 462 g/mol. The summed E-state index contributed by atoms with van der Waals surface area (Å²) in [6.07, 6.45) is 2.64. The molecule has 0 unspecified atom stereocenters. The second-order valence-corrected chi connectivity index (χ2v) is 6.85. The molecule has 0 aromatic rings. The Kier molecular flexibility index (Phi) is 15.9. The predicted octanol–water partition coefficient (Wildman–Crippen LogP) is 0.706. The Bertz CT molecular complexity index is 557. The molecule has 3 amide bonds. The van der Waals surface area contributed by atoms with Crippen molar-refractivity contribution >= 4 is 23.9 Å². The van der Waals surface area contributed by atoms with Gasteiger partial charge in [0.2, 0.25) is 5.91 Å². The molecule has 12 nitrogen and oxygen atoms in total. The minimum atomic E-state index is -1.13. The molecule has 12 heteroatoms. The number of rotatable bonds is 19. The fourth-order valence-corrected chi connectivity index (χ4v) is 2.56. The Morgan fingerprint density at radius 2 is 1.22 bits per heavy atom. The molecule has 0 aromatic carbocycles. The molecule has 1 aliphatic heterocycles. The molecule has 1 heterocycles. The molecule has 0 aliphatic carbocycles. The lowest BCUT2D eigenvalue weighted by molar-refractivity contribution is -0.188. The van der Waals surface area contributed by atoms with Crippen LogP contribution < -0.4 is 5.73 Å². The highest BCUT2D eigenvalue weighted by Crippen LogP contribution is 2.12. The van der Waals surface area contributed by atoms with Gasteiger partial charge in [-0.1, -0.05) is 11.5 Å². The number of amides is 3. The number of hydroxylamine groups is 2. The van der Waals surface area contributed by atoms with E-state index in [1.165, 1.54) is 0 Å². The van der Waals surface area contributed by atoms with Crippen molar-refractivity contribution in [1.82, 2.24) is 5.06 Å². The van der Waals surface area contributed by atoms with Crippen LogP contribution in [-0.2, 0) is 42.9 Å². The van der Waals surface area contributed by atoms with Crippen LogP contribution in [0.25, 0.3) is 0 Å². The maximum Gasteiger partial charge on any atom is 0.534 e. The van der Waals surface area contributed by atoms with Crippen LogP contribution in [0.4, 0.5) is 4.79 Å². The van der Waals surface area contributed by atoms with Crippen LogP contribution in [-0.4, -0.2) is 88.4 Å². The number of nitrogens with two attached hydrogens (primary N) is 1. The quantitative estimate of drug-likeness (QED) is 0.165. The summed E-state index contributed by atoms with van der Waals surface area (Å²) >= 11 is 0. The molecular weight excluding hydrogens is 428 g/mol. The third kappa shape index (κ3) is 14.7. The second kappa shape index (κ2) is 18.3. The summed E-state index contributed by atoms with van der Waals surface area (Å²) in [5, 5.41) is 0.448. The molecule has 1 aliphatic rings. The first-order chi connectivity index (χ1) is 15.5. The van der Waals surface area contributed by atoms with Crippen LogP contribution >= 0.6 is 0 Å². The third-order valence-corrected chi connectivity index (χ3v) is 4.18. The van der Waals surface area contributed by atoms with E-state index in [-0.39, 0.29) is 32.0 Å². The molecule has 32 heavy (non-hydrogen) atoms. The van der Waals surface area contributed by atoms with Crippen LogP contribution in [0.2, 0.25) is 0 Å². The molecule has 1 saturated heterocycles. The van der Waals surface area contributed by atoms with Crippen molar-refractivity contribution in [2.24, 2.45) is 5.73 Å². The van der Waals surface area contributed by atoms with Gasteiger partial charge in [-0.3, -0.25) is 19.2 Å². The number of nitrogens with zero attached hydrogens (tertiary/aromatic N) is 1. The first kappa shape index (κ1) is 27.8.